The molecule has 5 rings (SSSR count). The van der Waals surface area contributed by atoms with Crippen LogP contribution in [0, 0.1) is 11.8 Å². The van der Waals surface area contributed by atoms with Gasteiger partial charge < -0.3 is 9.80 Å². The van der Waals surface area contributed by atoms with Crippen LogP contribution in [0.3, 0.4) is 0 Å². The largest absolute Gasteiger partial charge is 0.437 e. The number of hydrogen-bond donors (Lipinski definition) is 0. The number of fused-ring (bicyclic) bond motifs is 1. The molecule has 2 saturated heterocycles. The maximum atomic E-state index is 13.8. The van der Waals surface area contributed by atoms with Gasteiger partial charge in [0.05, 0.1) is 12.2 Å². The Balaban J connectivity index is 1.43. The molecule has 36 heavy (non-hydrogen) atoms. The van der Waals surface area contributed by atoms with Crippen molar-refractivity contribution in [3.8, 4) is 0 Å². The van der Waals surface area contributed by atoms with Gasteiger partial charge in [-0.2, -0.15) is 18.3 Å². The Bertz CT molecular complexity index is 1250. The van der Waals surface area contributed by atoms with E-state index in [9.17, 15) is 13.2 Å². The Morgan fingerprint density at radius 2 is 1.81 bits per heavy atom. The van der Waals surface area contributed by atoms with Crippen molar-refractivity contribution in [2.75, 3.05) is 31.1 Å². The van der Waals surface area contributed by atoms with Crippen LogP contribution in [-0.4, -0.2) is 56.9 Å². The van der Waals surface area contributed by atoms with Crippen LogP contribution < -0.4 is 4.90 Å². The van der Waals surface area contributed by atoms with Crippen molar-refractivity contribution in [2.45, 2.75) is 51.9 Å². The number of rotatable bonds is 5. The molecule has 6 nitrogen and oxygen atoms in total. The minimum Gasteiger partial charge on any atom is -0.355 e. The summed E-state index contributed by atoms with van der Waals surface area (Å²) in [6.07, 6.45) is -0.807. The van der Waals surface area contributed by atoms with E-state index in [0.717, 1.165) is 26.2 Å². The van der Waals surface area contributed by atoms with Gasteiger partial charge in [-0.1, -0.05) is 29.3 Å². The number of alkyl halides is 3. The highest BCUT2D eigenvalue weighted by atomic mass is 35.5. The van der Waals surface area contributed by atoms with Crippen LogP contribution in [0.1, 0.15) is 50.9 Å². The number of benzene rings is 1. The number of hydrogen-bond acceptors (Lipinski definition) is 5. The molecule has 194 valence electrons. The fraction of sp³-hybridized carbons (Fsp3) is 0.560. The van der Waals surface area contributed by atoms with Crippen LogP contribution in [0.15, 0.2) is 24.4 Å². The second kappa shape index (κ2) is 9.65. The van der Waals surface area contributed by atoms with E-state index >= 15 is 0 Å². The Morgan fingerprint density at radius 3 is 2.47 bits per heavy atom. The van der Waals surface area contributed by atoms with E-state index in [-0.39, 0.29) is 11.2 Å². The first kappa shape index (κ1) is 25.5. The van der Waals surface area contributed by atoms with Gasteiger partial charge in [0.15, 0.2) is 11.3 Å². The number of aromatic nitrogens is 4. The summed E-state index contributed by atoms with van der Waals surface area (Å²) in [7, 11) is 0. The highest BCUT2D eigenvalue weighted by Crippen LogP contribution is 2.38. The molecule has 0 aliphatic carbocycles. The van der Waals surface area contributed by atoms with E-state index in [1.807, 2.05) is 0 Å². The minimum absolute atomic E-state index is 0.0884. The van der Waals surface area contributed by atoms with Crippen molar-refractivity contribution in [1.82, 2.24) is 24.6 Å². The van der Waals surface area contributed by atoms with E-state index in [0.29, 0.717) is 39.3 Å². The standard InChI is InChI=1S/C25H29Cl2F3N6/c1-14(2)34-8-4-5-16(11-34)17-12-35(13-17)21-10-31-22-23(25(28,29)30)33-36(24(22)32-21)15(3)19-7-6-18(26)9-20(19)27/h6-7,9-10,14-17H,4-5,8,11-13H2,1-3H3. The predicted octanol–water partition coefficient (Wildman–Crippen LogP) is 6.32. The maximum absolute atomic E-state index is 13.8. The Morgan fingerprint density at radius 1 is 1.06 bits per heavy atom. The molecule has 0 bridgehead atoms. The number of likely N-dealkylation sites (tertiary alicyclic amines) is 1. The van der Waals surface area contributed by atoms with Crippen LogP contribution >= 0.6 is 23.2 Å². The van der Waals surface area contributed by atoms with Crippen LogP contribution in [0.4, 0.5) is 19.0 Å². The second-order valence-electron chi connectivity index (χ2n) is 10.2. The average Bonchev–Trinajstić information content (AvgIpc) is 3.17. The molecule has 2 fully saturated rings. The highest BCUT2D eigenvalue weighted by molar-refractivity contribution is 6.35. The van der Waals surface area contributed by atoms with Crippen molar-refractivity contribution in [3.05, 3.63) is 45.7 Å². The minimum atomic E-state index is -4.66. The third kappa shape index (κ3) is 4.77. The molecule has 4 heterocycles. The fourth-order valence-electron chi connectivity index (χ4n) is 5.38. The van der Waals surface area contributed by atoms with Crippen molar-refractivity contribution in [2.24, 2.45) is 11.8 Å². The van der Waals surface area contributed by atoms with Gasteiger partial charge in [0, 0.05) is 35.7 Å². The van der Waals surface area contributed by atoms with E-state index < -0.39 is 17.9 Å². The summed E-state index contributed by atoms with van der Waals surface area (Å²) in [6, 6.07) is 4.84. The molecule has 1 aromatic carbocycles. The summed E-state index contributed by atoms with van der Waals surface area (Å²) >= 11 is 12.4. The third-order valence-electron chi connectivity index (χ3n) is 7.56. The van der Waals surface area contributed by atoms with Crippen LogP contribution in [0.25, 0.3) is 11.2 Å². The molecule has 2 atom stereocenters. The molecule has 0 radical (unpaired) electrons. The zero-order chi connectivity index (χ0) is 25.8. The Hall–Kier alpha value is -2.10. The first-order valence-corrected chi connectivity index (χ1v) is 13.0. The smallest absolute Gasteiger partial charge is 0.355 e. The fourth-order valence-corrected chi connectivity index (χ4v) is 5.94. The highest BCUT2D eigenvalue weighted by Gasteiger charge is 2.40. The zero-order valence-corrected chi connectivity index (χ0v) is 21.9. The van der Waals surface area contributed by atoms with Gasteiger partial charge in [0.1, 0.15) is 11.3 Å². The van der Waals surface area contributed by atoms with Gasteiger partial charge in [-0.3, -0.25) is 0 Å². The summed E-state index contributed by atoms with van der Waals surface area (Å²) in [4.78, 5) is 13.4. The Labute approximate surface area is 218 Å². The van der Waals surface area contributed by atoms with E-state index in [4.69, 9.17) is 23.2 Å². The summed E-state index contributed by atoms with van der Waals surface area (Å²) in [5, 5.41) is 4.71. The topological polar surface area (TPSA) is 50.1 Å². The second-order valence-corrected chi connectivity index (χ2v) is 11.0. The quantitative estimate of drug-likeness (QED) is 0.379. The molecular formula is C25H29Cl2F3N6. The monoisotopic (exact) mass is 540 g/mol. The third-order valence-corrected chi connectivity index (χ3v) is 8.12. The number of piperidine rings is 1. The lowest BCUT2D eigenvalue weighted by atomic mass is 9.80. The van der Waals surface area contributed by atoms with Gasteiger partial charge in [-0.25, -0.2) is 14.6 Å². The van der Waals surface area contributed by atoms with Crippen molar-refractivity contribution < 1.29 is 13.2 Å². The van der Waals surface area contributed by atoms with Crippen LogP contribution in [0.5, 0.6) is 0 Å². The lowest BCUT2D eigenvalue weighted by Gasteiger charge is -2.47. The number of halogens is 5. The molecule has 2 unspecified atom stereocenters. The summed E-state index contributed by atoms with van der Waals surface area (Å²) in [5.74, 6) is 1.74. The molecular weight excluding hydrogens is 512 g/mol. The average molecular weight is 541 g/mol. The number of nitrogens with zero attached hydrogens (tertiary/aromatic N) is 6. The Kier molecular flexibility index (Phi) is 6.85. The molecule has 0 amide bonds. The summed E-state index contributed by atoms with van der Waals surface area (Å²) in [5.41, 5.74) is -0.626. The van der Waals surface area contributed by atoms with Gasteiger partial charge in [0.2, 0.25) is 0 Å². The van der Waals surface area contributed by atoms with Crippen molar-refractivity contribution in [3.63, 3.8) is 0 Å². The van der Waals surface area contributed by atoms with Gasteiger partial charge >= 0.3 is 6.18 Å². The maximum Gasteiger partial charge on any atom is 0.437 e. The molecule has 3 aromatic rings. The zero-order valence-electron chi connectivity index (χ0n) is 20.4. The number of anilines is 1. The molecule has 11 heteroatoms. The molecule has 2 aromatic heterocycles. The van der Waals surface area contributed by atoms with E-state index in [1.54, 1.807) is 25.1 Å². The lowest BCUT2D eigenvalue weighted by molar-refractivity contribution is -0.140. The van der Waals surface area contributed by atoms with Crippen molar-refractivity contribution in [1.29, 1.82) is 0 Å². The molecule has 0 N–H and O–H groups in total. The van der Waals surface area contributed by atoms with Gasteiger partial charge in [-0.15, -0.1) is 0 Å². The first-order chi connectivity index (χ1) is 17.0. The molecule has 2 aliphatic rings. The molecule has 0 saturated carbocycles. The normalized spacial score (nSPS) is 20.8. The van der Waals surface area contributed by atoms with Crippen molar-refractivity contribution >= 4 is 40.2 Å². The predicted molar refractivity (Wildman–Crippen MR) is 136 cm³/mol. The first-order valence-electron chi connectivity index (χ1n) is 12.3. The van der Waals surface area contributed by atoms with Gasteiger partial charge in [0.25, 0.3) is 0 Å². The summed E-state index contributed by atoms with van der Waals surface area (Å²) < 4.78 is 42.7. The van der Waals surface area contributed by atoms with Crippen LogP contribution in [-0.2, 0) is 6.18 Å². The molecule has 0 spiro atoms. The lowest BCUT2D eigenvalue weighted by Crippen LogP contribution is -2.54. The van der Waals surface area contributed by atoms with Crippen LogP contribution in [0.2, 0.25) is 10.0 Å². The SMILES string of the molecule is CC(C)N1CCCC(C2CN(c3cnc4c(C(F)(F)F)nn(C(C)c5ccc(Cl)cc5Cl)c4n3)C2)C1. The van der Waals surface area contributed by atoms with E-state index in [1.165, 1.54) is 23.7 Å². The summed E-state index contributed by atoms with van der Waals surface area (Å²) in [6.45, 7) is 10.1. The molecule has 2 aliphatic heterocycles. The van der Waals surface area contributed by atoms with E-state index in [2.05, 4.69) is 38.7 Å². The van der Waals surface area contributed by atoms with Gasteiger partial charge in [-0.05, 0) is 69.7 Å².